The van der Waals surface area contributed by atoms with Crippen LogP contribution in [0.1, 0.15) is 41.3 Å². The van der Waals surface area contributed by atoms with Gasteiger partial charge in [0.2, 0.25) is 0 Å². The largest absolute Gasteiger partial charge is 0.486 e. The molecule has 0 spiro atoms. The van der Waals surface area contributed by atoms with Gasteiger partial charge in [0.1, 0.15) is 11.9 Å². The van der Waals surface area contributed by atoms with E-state index in [4.69, 9.17) is 10.00 Å². The number of hydrogen-bond donors (Lipinski definition) is 1. The highest BCUT2D eigenvalue weighted by Gasteiger charge is 2.22. The zero-order valence-electron chi connectivity index (χ0n) is 14.3. The molecule has 26 heavy (non-hydrogen) atoms. The Hall–Kier alpha value is -3.33. The topological polar surface area (TPSA) is 88.1 Å². The smallest absolute Gasteiger partial charge is 0.432 e. The van der Waals surface area contributed by atoms with Crippen LogP contribution in [0.3, 0.4) is 0 Å². The fraction of sp³-hybridized carbons (Fsp3) is 0.250. The van der Waals surface area contributed by atoms with Gasteiger partial charge in [0.25, 0.3) is 0 Å². The van der Waals surface area contributed by atoms with E-state index in [1.165, 1.54) is 0 Å². The fourth-order valence-corrected chi connectivity index (χ4v) is 3.59. The van der Waals surface area contributed by atoms with E-state index >= 15 is 0 Å². The van der Waals surface area contributed by atoms with Crippen LogP contribution in [-0.2, 0) is 6.42 Å². The maximum Gasteiger partial charge on any atom is 0.432 e. The second-order valence-electron chi connectivity index (χ2n) is 6.48. The number of hydrogen-bond acceptors (Lipinski definition) is 4. The zero-order valence-corrected chi connectivity index (χ0v) is 14.3. The first kappa shape index (κ1) is 16.2. The molecule has 0 bridgehead atoms. The van der Waals surface area contributed by atoms with Gasteiger partial charge in [-0.3, -0.25) is 0 Å². The van der Waals surface area contributed by atoms with Gasteiger partial charge in [0.05, 0.1) is 22.8 Å². The van der Waals surface area contributed by atoms with Gasteiger partial charge in [0, 0.05) is 5.39 Å². The minimum Gasteiger partial charge on any atom is -0.486 e. The summed E-state index contributed by atoms with van der Waals surface area (Å²) in [6, 6.07) is 13.3. The molecule has 4 rings (SSSR count). The molecule has 1 aliphatic rings. The molecule has 0 saturated carbocycles. The van der Waals surface area contributed by atoms with E-state index in [0.717, 1.165) is 40.5 Å². The van der Waals surface area contributed by atoms with Crippen molar-refractivity contribution in [3.05, 3.63) is 58.8 Å². The van der Waals surface area contributed by atoms with Crippen LogP contribution in [0.5, 0.6) is 5.75 Å². The van der Waals surface area contributed by atoms with Crippen molar-refractivity contribution < 1.29 is 14.6 Å². The highest BCUT2D eigenvalue weighted by Crippen LogP contribution is 2.35. The number of ether oxygens (including phenoxy) is 1. The number of fused-ring (bicyclic) bond motifs is 2. The van der Waals surface area contributed by atoms with E-state index in [1.54, 1.807) is 19.1 Å². The van der Waals surface area contributed by atoms with Crippen LogP contribution < -0.4 is 4.74 Å². The Bertz CT molecular complexity index is 1060. The summed E-state index contributed by atoms with van der Waals surface area (Å²) < 4.78 is 7.20. The number of benzene rings is 2. The van der Waals surface area contributed by atoms with Crippen LogP contribution in [0.4, 0.5) is 4.79 Å². The van der Waals surface area contributed by atoms with E-state index in [0.29, 0.717) is 22.5 Å². The molecule has 0 radical (unpaired) electrons. The van der Waals surface area contributed by atoms with Gasteiger partial charge in [-0.1, -0.05) is 6.07 Å². The lowest BCUT2D eigenvalue weighted by Gasteiger charge is -2.26. The number of carboxylic acid groups (broad SMARTS) is 1. The molecule has 6 nitrogen and oxygen atoms in total. The van der Waals surface area contributed by atoms with Crippen molar-refractivity contribution in [1.29, 1.82) is 5.26 Å². The number of carbonyl (C=O) groups is 1. The lowest BCUT2D eigenvalue weighted by molar-refractivity contribution is 0.183. The number of aryl methyl sites for hydroxylation is 2. The molecule has 0 fully saturated rings. The Morgan fingerprint density at radius 2 is 2.19 bits per heavy atom. The van der Waals surface area contributed by atoms with Crippen molar-refractivity contribution in [3.63, 3.8) is 0 Å². The van der Waals surface area contributed by atoms with E-state index in [-0.39, 0.29) is 6.10 Å². The van der Waals surface area contributed by atoms with Gasteiger partial charge in [-0.15, -0.1) is 0 Å². The van der Waals surface area contributed by atoms with E-state index < -0.39 is 6.09 Å². The predicted octanol–water partition coefficient (Wildman–Crippen LogP) is 4.20. The van der Waals surface area contributed by atoms with Crippen LogP contribution in [0, 0.1) is 18.3 Å². The molecule has 6 heteroatoms. The summed E-state index contributed by atoms with van der Waals surface area (Å²) in [5.41, 5.74) is 4.15. The van der Waals surface area contributed by atoms with Crippen molar-refractivity contribution in [1.82, 2.24) is 9.78 Å². The quantitative estimate of drug-likeness (QED) is 0.750. The molecule has 130 valence electrons. The van der Waals surface area contributed by atoms with Crippen LogP contribution in [0.15, 0.2) is 36.4 Å². The second-order valence-corrected chi connectivity index (χ2v) is 6.48. The number of nitrogens with zero attached hydrogens (tertiary/aromatic N) is 3. The average Bonchev–Trinajstić information content (AvgIpc) is 2.98. The lowest BCUT2D eigenvalue weighted by Crippen LogP contribution is -2.15. The highest BCUT2D eigenvalue weighted by atomic mass is 16.5. The minimum atomic E-state index is -1.11. The molecule has 0 amide bonds. The minimum absolute atomic E-state index is 0.0706. The van der Waals surface area contributed by atoms with Gasteiger partial charge < -0.3 is 9.84 Å². The maximum atomic E-state index is 11.3. The van der Waals surface area contributed by atoms with E-state index in [9.17, 15) is 9.90 Å². The van der Waals surface area contributed by atoms with Crippen molar-refractivity contribution in [2.45, 2.75) is 32.3 Å². The first-order valence-corrected chi connectivity index (χ1v) is 8.49. The van der Waals surface area contributed by atoms with Gasteiger partial charge in [0.15, 0.2) is 0 Å². The molecule has 1 N–H and O–H groups in total. The summed E-state index contributed by atoms with van der Waals surface area (Å²) in [7, 11) is 0. The molecule has 1 atom stereocenters. The van der Waals surface area contributed by atoms with Gasteiger partial charge in [-0.25, -0.2) is 4.79 Å². The second kappa shape index (κ2) is 6.19. The molecule has 1 unspecified atom stereocenters. The Morgan fingerprint density at radius 3 is 2.96 bits per heavy atom. The summed E-state index contributed by atoms with van der Waals surface area (Å²) in [5.74, 6) is 0.688. The lowest BCUT2D eigenvalue weighted by atomic mass is 9.88. The highest BCUT2D eigenvalue weighted by molar-refractivity contribution is 5.89. The zero-order chi connectivity index (χ0) is 18.3. The Balaban J connectivity index is 1.68. The number of rotatable bonds is 2. The molecule has 1 heterocycles. The third-order valence-electron chi connectivity index (χ3n) is 4.83. The van der Waals surface area contributed by atoms with Gasteiger partial charge >= 0.3 is 6.09 Å². The summed E-state index contributed by atoms with van der Waals surface area (Å²) >= 11 is 0. The monoisotopic (exact) mass is 347 g/mol. The normalized spacial score (nSPS) is 16.1. The Kier molecular flexibility index (Phi) is 3.85. The van der Waals surface area contributed by atoms with Crippen molar-refractivity contribution >= 4 is 17.0 Å². The van der Waals surface area contributed by atoms with Crippen LogP contribution in [-0.4, -0.2) is 21.0 Å². The van der Waals surface area contributed by atoms with Gasteiger partial charge in [-0.05, 0) is 67.6 Å². The van der Waals surface area contributed by atoms with E-state index in [2.05, 4.69) is 11.2 Å². The van der Waals surface area contributed by atoms with Crippen LogP contribution in [0.25, 0.3) is 10.9 Å². The molecule has 0 aliphatic heterocycles. The molecule has 3 aromatic rings. The summed E-state index contributed by atoms with van der Waals surface area (Å²) in [5, 5.41) is 23.1. The van der Waals surface area contributed by atoms with Crippen molar-refractivity contribution in [2.24, 2.45) is 0 Å². The Labute approximate surface area is 150 Å². The molecule has 1 aliphatic carbocycles. The van der Waals surface area contributed by atoms with Crippen LogP contribution in [0.2, 0.25) is 0 Å². The fourth-order valence-electron chi connectivity index (χ4n) is 3.59. The molecule has 1 aromatic heterocycles. The Morgan fingerprint density at radius 1 is 1.35 bits per heavy atom. The SMILES string of the molecule is Cc1nn(C(=O)O)c2ccc(OC3CCCc4cc(C#N)ccc43)cc12. The first-order chi connectivity index (χ1) is 12.6. The average molecular weight is 347 g/mol. The number of aromatic nitrogens is 2. The molecule has 2 aromatic carbocycles. The van der Waals surface area contributed by atoms with Crippen molar-refractivity contribution in [3.8, 4) is 11.8 Å². The molecule has 0 saturated heterocycles. The van der Waals surface area contributed by atoms with E-state index in [1.807, 2.05) is 24.3 Å². The maximum absolute atomic E-state index is 11.3. The standard InChI is InChI=1S/C20H17N3O3/c1-12-17-10-15(6-8-18(17)23(22-12)20(24)25)26-19-4-2-3-14-9-13(11-21)5-7-16(14)19/h5-10,19H,2-4H2,1H3,(H,24,25). The van der Waals surface area contributed by atoms with Crippen molar-refractivity contribution in [2.75, 3.05) is 0 Å². The predicted molar refractivity (Wildman–Crippen MR) is 95.4 cm³/mol. The molecular formula is C20H17N3O3. The van der Waals surface area contributed by atoms with Gasteiger partial charge in [-0.2, -0.15) is 15.0 Å². The first-order valence-electron chi connectivity index (χ1n) is 8.49. The third-order valence-corrected chi connectivity index (χ3v) is 4.83. The summed E-state index contributed by atoms with van der Waals surface area (Å²) in [4.78, 5) is 11.3. The summed E-state index contributed by atoms with van der Waals surface area (Å²) in [6.07, 6.45) is 1.69. The van der Waals surface area contributed by atoms with Crippen LogP contribution >= 0.6 is 0 Å². The summed E-state index contributed by atoms with van der Waals surface area (Å²) in [6.45, 7) is 1.78. The molecular weight excluding hydrogens is 330 g/mol. The third kappa shape index (κ3) is 2.68. The number of nitriles is 1.